The van der Waals surface area contributed by atoms with E-state index in [1.807, 2.05) is 7.05 Å². The first kappa shape index (κ1) is 11.1. The number of rotatable bonds is 3. The van der Waals surface area contributed by atoms with Gasteiger partial charge in [0.05, 0.1) is 12.7 Å². The summed E-state index contributed by atoms with van der Waals surface area (Å²) in [5.74, 6) is 0. The zero-order chi connectivity index (χ0) is 10.8. The second-order valence-electron chi connectivity index (χ2n) is 2.92. The first-order valence-electron chi connectivity index (χ1n) is 3.99. The monoisotopic (exact) mass is 210 g/mol. The topological polar surface area (TPSA) is 63.4 Å². The number of anilines is 1. The molecule has 6 heteroatoms. The maximum atomic E-state index is 10.9. The molecule has 74 valence electrons. The Bertz CT molecular complexity index is 402. The molecule has 1 aromatic rings. The van der Waals surface area contributed by atoms with Crippen molar-refractivity contribution in [2.45, 2.75) is 4.90 Å². The van der Waals surface area contributed by atoms with E-state index in [0.717, 1.165) is 5.69 Å². The molecule has 0 heterocycles. The van der Waals surface area contributed by atoms with Gasteiger partial charge in [0.15, 0.2) is 0 Å². The van der Waals surface area contributed by atoms with E-state index >= 15 is 0 Å². The number of benzene rings is 1. The van der Waals surface area contributed by atoms with Gasteiger partial charge in [-0.15, -0.1) is 0 Å². The molecule has 0 unspecified atom stereocenters. The normalized spacial score (nSPS) is 11.3. The second kappa shape index (κ2) is 4.02. The zero-order valence-corrected chi connectivity index (χ0v) is 8.66. The molecule has 0 aromatic heterocycles. The SMILES string of the molecule is [B]CN(C)c1ccc(S(N)(=O)=O)cc1. The van der Waals surface area contributed by atoms with Crippen molar-refractivity contribution < 1.29 is 8.42 Å². The summed E-state index contributed by atoms with van der Waals surface area (Å²) in [6.07, 6.45) is 0.370. The van der Waals surface area contributed by atoms with Crippen LogP contribution < -0.4 is 10.0 Å². The molecule has 0 spiro atoms. The van der Waals surface area contributed by atoms with E-state index in [-0.39, 0.29) is 4.90 Å². The minimum Gasteiger partial charge on any atom is -0.384 e. The average Bonchev–Trinajstić information content (AvgIpc) is 2.15. The predicted molar refractivity (Wildman–Crippen MR) is 56.8 cm³/mol. The number of primary sulfonamides is 1. The van der Waals surface area contributed by atoms with Gasteiger partial charge < -0.3 is 4.90 Å². The molecule has 0 saturated carbocycles. The van der Waals surface area contributed by atoms with Crippen LogP contribution in [-0.2, 0) is 10.0 Å². The molecule has 0 bridgehead atoms. The summed E-state index contributed by atoms with van der Waals surface area (Å²) in [6.45, 7) is 0. The van der Waals surface area contributed by atoms with E-state index in [9.17, 15) is 8.42 Å². The highest BCUT2D eigenvalue weighted by atomic mass is 32.2. The fraction of sp³-hybridized carbons (Fsp3) is 0.250. The van der Waals surface area contributed by atoms with Crippen LogP contribution in [0.3, 0.4) is 0 Å². The average molecular weight is 210 g/mol. The summed E-state index contributed by atoms with van der Waals surface area (Å²) < 4.78 is 21.8. The molecule has 0 fully saturated rings. The number of sulfonamides is 1. The largest absolute Gasteiger partial charge is 0.384 e. The van der Waals surface area contributed by atoms with E-state index in [4.69, 9.17) is 13.0 Å². The first-order chi connectivity index (χ1) is 6.45. The summed E-state index contributed by atoms with van der Waals surface area (Å²) in [4.78, 5) is 1.89. The lowest BCUT2D eigenvalue weighted by atomic mass is 10.1. The Morgan fingerprint density at radius 3 is 2.21 bits per heavy atom. The van der Waals surface area contributed by atoms with Gasteiger partial charge in [-0.3, -0.25) is 0 Å². The van der Waals surface area contributed by atoms with Crippen LogP contribution in [0.15, 0.2) is 29.2 Å². The van der Waals surface area contributed by atoms with E-state index in [1.165, 1.54) is 12.1 Å². The third-order valence-corrected chi connectivity index (χ3v) is 2.81. The summed E-state index contributed by atoms with van der Waals surface area (Å²) in [7, 11) is 3.62. The molecule has 0 aliphatic carbocycles. The van der Waals surface area contributed by atoms with Gasteiger partial charge in [0.1, 0.15) is 0 Å². The molecule has 1 aromatic carbocycles. The van der Waals surface area contributed by atoms with Crippen molar-refractivity contribution in [2.75, 3.05) is 18.4 Å². The molecular weight excluding hydrogens is 199 g/mol. The maximum absolute atomic E-state index is 10.9. The number of nitrogens with two attached hydrogens (primary N) is 1. The van der Waals surface area contributed by atoms with Gasteiger partial charge in [-0.05, 0) is 30.7 Å². The van der Waals surface area contributed by atoms with Gasteiger partial charge in [-0.25, -0.2) is 13.6 Å². The van der Waals surface area contributed by atoms with E-state index in [2.05, 4.69) is 0 Å². The Morgan fingerprint density at radius 2 is 1.86 bits per heavy atom. The Hall–Kier alpha value is -1.01. The predicted octanol–water partition coefficient (Wildman–Crippen LogP) is -0.104. The molecule has 1 rings (SSSR count). The van der Waals surface area contributed by atoms with Gasteiger partial charge in [-0.1, -0.05) is 0 Å². The van der Waals surface area contributed by atoms with Crippen molar-refractivity contribution in [1.82, 2.24) is 0 Å². The van der Waals surface area contributed by atoms with Gasteiger partial charge in [0.2, 0.25) is 10.0 Å². The lowest BCUT2D eigenvalue weighted by molar-refractivity contribution is 0.598. The Labute approximate surface area is 85.2 Å². The zero-order valence-electron chi connectivity index (χ0n) is 7.84. The molecule has 0 aliphatic heterocycles. The number of nitrogens with zero attached hydrogens (tertiary/aromatic N) is 1. The standard InChI is InChI=1S/C8H11BN2O2S/c1-11(6-9)7-2-4-8(5-3-7)14(10,12)13/h2-5H,6H2,1H3,(H2,10,12,13). The summed E-state index contributed by atoms with van der Waals surface area (Å²) in [6, 6.07) is 6.23. The van der Waals surface area contributed by atoms with Crippen LogP contribution in [0, 0.1) is 0 Å². The van der Waals surface area contributed by atoms with Gasteiger partial charge >= 0.3 is 0 Å². The van der Waals surface area contributed by atoms with Crippen LogP contribution in [0.2, 0.25) is 0 Å². The summed E-state index contributed by atoms with van der Waals surface area (Å²) in [5, 5.41) is 4.95. The highest BCUT2D eigenvalue weighted by molar-refractivity contribution is 7.89. The Morgan fingerprint density at radius 1 is 1.36 bits per heavy atom. The highest BCUT2D eigenvalue weighted by Gasteiger charge is 2.07. The smallest absolute Gasteiger partial charge is 0.238 e. The van der Waals surface area contributed by atoms with E-state index < -0.39 is 10.0 Å². The van der Waals surface area contributed by atoms with Crippen molar-refractivity contribution >= 4 is 23.6 Å². The van der Waals surface area contributed by atoms with Gasteiger partial charge in [0.25, 0.3) is 0 Å². The molecule has 2 radical (unpaired) electrons. The van der Waals surface area contributed by atoms with E-state index in [0.29, 0.717) is 6.44 Å². The lowest BCUT2D eigenvalue weighted by Crippen LogP contribution is -2.18. The van der Waals surface area contributed by atoms with Crippen LogP contribution in [0.5, 0.6) is 0 Å². The van der Waals surface area contributed by atoms with Gasteiger partial charge in [-0.2, -0.15) is 0 Å². The third kappa shape index (κ3) is 2.49. The van der Waals surface area contributed by atoms with Crippen LogP contribution in [-0.4, -0.2) is 29.8 Å². The highest BCUT2D eigenvalue weighted by Crippen LogP contribution is 2.15. The number of hydrogen-bond acceptors (Lipinski definition) is 3. The molecule has 0 aliphatic rings. The van der Waals surface area contributed by atoms with Gasteiger partial charge in [0, 0.05) is 12.7 Å². The summed E-state index contributed by atoms with van der Waals surface area (Å²) >= 11 is 0. The van der Waals surface area contributed by atoms with Crippen molar-refractivity contribution in [3.8, 4) is 0 Å². The summed E-state index contributed by atoms with van der Waals surface area (Å²) in [5.41, 5.74) is 0.847. The van der Waals surface area contributed by atoms with Crippen molar-refractivity contribution in [1.29, 1.82) is 0 Å². The second-order valence-corrected chi connectivity index (χ2v) is 4.48. The molecule has 0 atom stereocenters. The fourth-order valence-corrected chi connectivity index (χ4v) is 1.51. The van der Waals surface area contributed by atoms with Crippen LogP contribution >= 0.6 is 0 Å². The minimum absolute atomic E-state index is 0.103. The first-order valence-corrected chi connectivity index (χ1v) is 5.54. The molecule has 0 saturated heterocycles. The Kier molecular flexibility index (Phi) is 3.18. The van der Waals surface area contributed by atoms with Crippen molar-refractivity contribution in [2.24, 2.45) is 5.14 Å². The molecule has 14 heavy (non-hydrogen) atoms. The molecule has 4 nitrogen and oxygen atoms in total. The maximum Gasteiger partial charge on any atom is 0.238 e. The van der Waals surface area contributed by atoms with Crippen LogP contribution in [0.1, 0.15) is 0 Å². The molecule has 2 N–H and O–H groups in total. The van der Waals surface area contributed by atoms with Crippen molar-refractivity contribution in [3.05, 3.63) is 24.3 Å². The van der Waals surface area contributed by atoms with Crippen LogP contribution in [0.4, 0.5) is 5.69 Å². The van der Waals surface area contributed by atoms with Crippen LogP contribution in [0.25, 0.3) is 0 Å². The molecule has 0 amide bonds. The third-order valence-electron chi connectivity index (χ3n) is 1.88. The Balaban J connectivity index is 3.01. The number of hydrogen-bond donors (Lipinski definition) is 1. The van der Waals surface area contributed by atoms with Crippen molar-refractivity contribution in [3.63, 3.8) is 0 Å². The lowest BCUT2D eigenvalue weighted by Gasteiger charge is -2.16. The quantitative estimate of drug-likeness (QED) is 0.708. The van der Waals surface area contributed by atoms with E-state index in [1.54, 1.807) is 17.0 Å². The molecular formula is C8H11BN2O2S. The fourth-order valence-electron chi connectivity index (χ4n) is 0.996. The minimum atomic E-state index is -3.60.